The minimum absolute atomic E-state index is 0.101. The van der Waals surface area contributed by atoms with E-state index in [0.29, 0.717) is 33.7 Å². The van der Waals surface area contributed by atoms with Gasteiger partial charge in [-0.2, -0.15) is 5.10 Å². The van der Waals surface area contributed by atoms with Crippen LogP contribution in [0.4, 0.5) is 15.6 Å². The van der Waals surface area contributed by atoms with Gasteiger partial charge in [0.2, 0.25) is 5.13 Å². The highest BCUT2D eigenvalue weighted by atomic mass is 35.5. The van der Waals surface area contributed by atoms with Crippen molar-refractivity contribution in [2.75, 3.05) is 17.3 Å². The number of thiazole rings is 1. The number of hydrazone groups is 1. The minimum atomic E-state index is -0.620. The molecule has 0 saturated carbocycles. The fourth-order valence-electron chi connectivity index (χ4n) is 2.14. The summed E-state index contributed by atoms with van der Waals surface area (Å²) >= 11 is 7.55. The number of nitrogens with zero attached hydrogens (tertiary/aromatic N) is 2. The van der Waals surface area contributed by atoms with Gasteiger partial charge in [-0.15, -0.1) is 11.3 Å². The van der Waals surface area contributed by atoms with Crippen LogP contribution in [0.3, 0.4) is 0 Å². The number of anilines is 2. The first-order valence-corrected chi connectivity index (χ1v) is 10.1. The third kappa shape index (κ3) is 7.71. The van der Waals surface area contributed by atoms with Gasteiger partial charge in [0.1, 0.15) is 5.60 Å². The highest BCUT2D eigenvalue weighted by Gasteiger charge is 2.17. The summed E-state index contributed by atoms with van der Waals surface area (Å²) in [6.45, 7) is 7.42. The predicted octanol–water partition coefficient (Wildman–Crippen LogP) is 4.70. The standard InChI is InChI=1S/C19H23ClN4O4S/c1-5-27-16(25)9-12-11-29-17(22-12)24-21-10-13-14(20)7-6-8-15(13)23-18(26)28-19(2,3)4/h6-8,10-11H,5,9H2,1-4H3,(H,22,24)(H,23,26). The molecule has 0 fully saturated rings. The molecule has 156 valence electrons. The summed E-state index contributed by atoms with van der Waals surface area (Å²) in [5, 5.41) is 9.46. The fourth-order valence-corrected chi connectivity index (χ4v) is 3.02. The van der Waals surface area contributed by atoms with Crippen LogP contribution in [0.25, 0.3) is 0 Å². The molecule has 0 aliphatic carbocycles. The van der Waals surface area contributed by atoms with Gasteiger partial charge < -0.3 is 9.47 Å². The van der Waals surface area contributed by atoms with Crippen molar-refractivity contribution >= 4 is 52.0 Å². The highest BCUT2D eigenvalue weighted by molar-refractivity contribution is 7.13. The van der Waals surface area contributed by atoms with Gasteiger partial charge in [-0.3, -0.25) is 15.5 Å². The Morgan fingerprint density at radius 3 is 2.79 bits per heavy atom. The molecule has 0 spiro atoms. The quantitative estimate of drug-likeness (QED) is 0.369. The minimum Gasteiger partial charge on any atom is -0.466 e. The monoisotopic (exact) mass is 438 g/mol. The van der Waals surface area contributed by atoms with Gasteiger partial charge in [0.15, 0.2) is 0 Å². The van der Waals surface area contributed by atoms with E-state index in [4.69, 9.17) is 21.1 Å². The Labute approximate surface area is 178 Å². The molecule has 0 aliphatic rings. The maximum atomic E-state index is 12.0. The number of hydrogen-bond donors (Lipinski definition) is 2. The number of nitrogens with one attached hydrogen (secondary N) is 2. The van der Waals surface area contributed by atoms with Crippen molar-refractivity contribution in [2.45, 2.75) is 39.7 Å². The molecular formula is C19H23ClN4O4S. The smallest absolute Gasteiger partial charge is 0.412 e. The van der Waals surface area contributed by atoms with E-state index in [1.54, 1.807) is 51.3 Å². The Bertz CT molecular complexity index is 893. The van der Waals surface area contributed by atoms with E-state index in [1.807, 2.05) is 0 Å². The summed E-state index contributed by atoms with van der Waals surface area (Å²) in [6, 6.07) is 5.09. The van der Waals surface area contributed by atoms with Gasteiger partial charge in [0.25, 0.3) is 0 Å². The third-order valence-corrected chi connectivity index (χ3v) is 4.35. The summed E-state index contributed by atoms with van der Waals surface area (Å²) in [7, 11) is 0. The van der Waals surface area contributed by atoms with E-state index in [9.17, 15) is 9.59 Å². The van der Waals surface area contributed by atoms with Gasteiger partial charge in [-0.05, 0) is 39.8 Å². The van der Waals surface area contributed by atoms with Gasteiger partial charge >= 0.3 is 12.1 Å². The molecule has 0 bridgehead atoms. The SMILES string of the molecule is CCOC(=O)Cc1csc(NN=Cc2c(Cl)cccc2NC(=O)OC(C)(C)C)n1. The van der Waals surface area contributed by atoms with Crippen molar-refractivity contribution < 1.29 is 19.1 Å². The van der Waals surface area contributed by atoms with Crippen LogP contribution >= 0.6 is 22.9 Å². The molecule has 1 heterocycles. The van der Waals surface area contributed by atoms with Crippen LogP contribution in [-0.4, -0.2) is 35.5 Å². The zero-order valence-corrected chi connectivity index (χ0v) is 18.2. The molecule has 29 heavy (non-hydrogen) atoms. The Hall–Kier alpha value is -2.65. The Balaban J connectivity index is 2.04. The van der Waals surface area contributed by atoms with E-state index < -0.39 is 11.7 Å². The van der Waals surface area contributed by atoms with Crippen molar-refractivity contribution in [1.82, 2.24) is 4.98 Å². The molecule has 2 aromatic rings. The molecule has 2 N–H and O–H groups in total. The van der Waals surface area contributed by atoms with E-state index >= 15 is 0 Å². The van der Waals surface area contributed by atoms with E-state index in [2.05, 4.69) is 20.8 Å². The summed E-state index contributed by atoms with van der Waals surface area (Å²) in [6.07, 6.45) is 0.983. The van der Waals surface area contributed by atoms with E-state index in [0.717, 1.165) is 0 Å². The Morgan fingerprint density at radius 2 is 2.10 bits per heavy atom. The average molecular weight is 439 g/mol. The van der Waals surface area contributed by atoms with Gasteiger partial charge in [-0.25, -0.2) is 9.78 Å². The number of ether oxygens (including phenoxy) is 2. The molecule has 0 aliphatic heterocycles. The first-order valence-electron chi connectivity index (χ1n) is 8.85. The summed E-state index contributed by atoms with van der Waals surface area (Å²) in [5.74, 6) is -0.332. The molecule has 0 unspecified atom stereocenters. The van der Waals surface area contributed by atoms with Crippen LogP contribution in [0.1, 0.15) is 39.0 Å². The second kappa shape index (κ2) is 10.2. The average Bonchev–Trinajstić information content (AvgIpc) is 3.03. The number of amides is 1. The molecular weight excluding hydrogens is 416 g/mol. The first-order chi connectivity index (χ1) is 13.7. The number of aromatic nitrogens is 1. The van der Waals surface area contributed by atoms with Gasteiger partial charge in [0.05, 0.1) is 35.6 Å². The van der Waals surface area contributed by atoms with Gasteiger partial charge in [-0.1, -0.05) is 17.7 Å². The van der Waals surface area contributed by atoms with Crippen LogP contribution < -0.4 is 10.7 Å². The second-order valence-electron chi connectivity index (χ2n) is 6.82. The Morgan fingerprint density at radius 1 is 1.34 bits per heavy atom. The topological polar surface area (TPSA) is 102 Å². The van der Waals surface area contributed by atoms with Crippen LogP contribution in [0.2, 0.25) is 5.02 Å². The van der Waals surface area contributed by atoms with Crippen LogP contribution in [0.15, 0.2) is 28.7 Å². The molecule has 0 saturated heterocycles. The number of carbonyl (C=O) groups is 2. The lowest BCUT2D eigenvalue weighted by atomic mass is 10.2. The maximum absolute atomic E-state index is 12.0. The van der Waals surface area contributed by atoms with Crippen LogP contribution in [-0.2, 0) is 20.7 Å². The number of benzene rings is 1. The van der Waals surface area contributed by atoms with Crippen LogP contribution in [0, 0.1) is 0 Å². The number of esters is 1. The van der Waals surface area contributed by atoms with Gasteiger partial charge in [0, 0.05) is 10.9 Å². The lowest BCUT2D eigenvalue weighted by Gasteiger charge is -2.20. The van der Waals surface area contributed by atoms with Crippen molar-refractivity contribution in [3.63, 3.8) is 0 Å². The zero-order chi connectivity index (χ0) is 21.4. The Kier molecular flexibility index (Phi) is 7.98. The maximum Gasteiger partial charge on any atom is 0.412 e. The van der Waals surface area contributed by atoms with Crippen LogP contribution in [0.5, 0.6) is 0 Å². The molecule has 0 atom stereocenters. The van der Waals surface area contributed by atoms with E-state index in [1.165, 1.54) is 17.6 Å². The van der Waals surface area contributed by atoms with Crippen molar-refractivity contribution in [3.05, 3.63) is 39.9 Å². The van der Waals surface area contributed by atoms with E-state index in [-0.39, 0.29) is 12.4 Å². The molecule has 1 aromatic heterocycles. The molecule has 8 nitrogen and oxygen atoms in total. The predicted molar refractivity (Wildman–Crippen MR) is 115 cm³/mol. The summed E-state index contributed by atoms with van der Waals surface area (Å²) in [5.41, 5.74) is 3.73. The molecule has 1 aromatic carbocycles. The highest BCUT2D eigenvalue weighted by Crippen LogP contribution is 2.24. The molecule has 0 radical (unpaired) electrons. The lowest BCUT2D eigenvalue weighted by Crippen LogP contribution is -2.27. The van der Waals surface area contributed by atoms with Crippen molar-refractivity contribution in [3.8, 4) is 0 Å². The molecule has 10 heteroatoms. The molecule has 1 amide bonds. The van der Waals surface area contributed by atoms with Crippen molar-refractivity contribution in [1.29, 1.82) is 0 Å². The summed E-state index contributed by atoms with van der Waals surface area (Å²) in [4.78, 5) is 27.8. The number of halogens is 1. The number of rotatable bonds is 7. The summed E-state index contributed by atoms with van der Waals surface area (Å²) < 4.78 is 10.2. The first kappa shape index (κ1) is 22.6. The molecule has 2 rings (SSSR count). The third-order valence-electron chi connectivity index (χ3n) is 3.22. The largest absolute Gasteiger partial charge is 0.466 e. The number of carbonyl (C=O) groups excluding carboxylic acids is 2. The van der Waals surface area contributed by atoms with Crippen molar-refractivity contribution in [2.24, 2.45) is 5.10 Å². The zero-order valence-electron chi connectivity index (χ0n) is 16.6. The normalized spacial score (nSPS) is 11.3. The lowest BCUT2D eigenvalue weighted by molar-refractivity contribution is -0.142. The second-order valence-corrected chi connectivity index (χ2v) is 8.09. The fraction of sp³-hybridized carbons (Fsp3) is 0.368. The number of hydrogen-bond acceptors (Lipinski definition) is 8.